The smallest absolute Gasteiger partial charge is 0.408 e. The molecule has 1 atom stereocenters. The van der Waals surface area contributed by atoms with E-state index >= 15 is 0 Å². The van der Waals surface area contributed by atoms with Crippen molar-refractivity contribution in [1.82, 2.24) is 14.7 Å². The molecule has 0 aliphatic heterocycles. The summed E-state index contributed by atoms with van der Waals surface area (Å²) in [6.45, 7) is 9.36. The lowest BCUT2D eigenvalue weighted by Gasteiger charge is -2.21. The third-order valence-corrected chi connectivity index (χ3v) is 5.24. The number of aryl methyl sites for hydroxylation is 2. The maximum absolute atomic E-state index is 11.9. The highest BCUT2D eigenvalue weighted by Gasteiger charge is 2.20. The van der Waals surface area contributed by atoms with E-state index in [0.29, 0.717) is 6.42 Å². The van der Waals surface area contributed by atoms with Crippen LogP contribution >= 0.6 is 11.3 Å². The van der Waals surface area contributed by atoms with Crippen LogP contribution in [-0.2, 0) is 11.2 Å². The normalized spacial score (nSPS) is 12.6. The molecule has 1 amide bonds. The van der Waals surface area contributed by atoms with Crippen molar-refractivity contribution in [2.24, 2.45) is 0 Å². The Labute approximate surface area is 168 Å². The van der Waals surface area contributed by atoms with Gasteiger partial charge in [-0.15, -0.1) is 11.3 Å². The predicted octanol–water partition coefficient (Wildman–Crippen LogP) is 4.64. The van der Waals surface area contributed by atoms with Crippen molar-refractivity contribution < 1.29 is 9.53 Å². The van der Waals surface area contributed by atoms with Crippen molar-refractivity contribution in [3.63, 3.8) is 0 Å². The average Bonchev–Trinajstić information content (AvgIpc) is 3.19. The fraction of sp³-hybridized carbons (Fsp3) is 0.381. The molecular formula is C21H24N4O2S. The number of carbonyl (C=O) groups excluding carboxylic acids is 1. The fourth-order valence-electron chi connectivity index (χ4n) is 2.99. The minimum Gasteiger partial charge on any atom is -0.444 e. The van der Waals surface area contributed by atoms with Crippen LogP contribution in [0.1, 0.15) is 37.0 Å². The van der Waals surface area contributed by atoms with Gasteiger partial charge in [-0.3, -0.25) is 4.98 Å². The molecule has 3 aromatic rings. The number of nitrogens with one attached hydrogen (secondary N) is 1. The second kappa shape index (κ2) is 7.64. The van der Waals surface area contributed by atoms with E-state index in [0.717, 1.165) is 32.2 Å². The lowest BCUT2D eigenvalue weighted by atomic mass is 10.2. The van der Waals surface area contributed by atoms with E-state index in [-0.39, 0.29) is 0 Å². The van der Waals surface area contributed by atoms with Gasteiger partial charge < -0.3 is 14.5 Å². The van der Waals surface area contributed by atoms with Crippen LogP contribution in [0.5, 0.6) is 0 Å². The predicted molar refractivity (Wildman–Crippen MR) is 110 cm³/mol. The molecule has 3 heterocycles. The molecule has 0 unspecified atom stereocenters. The summed E-state index contributed by atoms with van der Waals surface area (Å²) in [4.78, 5) is 18.6. The molecule has 6 nitrogen and oxygen atoms in total. The highest BCUT2D eigenvalue weighted by molar-refractivity contribution is 7.15. The Kier molecular flexibility index (Phi) is 5.43. The van der Waals surface area contributed by atoms with Crippen LogP contribution in [0.15, 0.2) is 30.6 Å². The van der Waals surface area contributed by atoms with Gasteiger partial charge in [-0.2, -0.15) is 5.26 Å². The molecule has 1 N–H and O–H groups in total. The second-order valence-electron chi connectivity index (χ2n) is 7.79. The van der Waals surface area contributed by atoms with Crippen molar-refractivity contribution in [3.05, 3.63) is 46.9 Å². The van der Waals surface area contributed by atoms with E-state index < -0.39 is 17.7 Å². The van der Waals surface area contributed by atoms with Gasteiger partial charge in [-0.25, -0.2) is 4.79 Å². The van der Waals surface area contributed by atoms with Crippen molar-refractivity contribution in [1.29, 1.82) is 5.26 Å². The van der Waals surface area contributed by atoms with Crippen LogP contribution in [0.25, 0.3) is 16.0 Å². The second-order valence-corrected chi connectivity index (χ2v) is 8.96. The summed E-state index contributed by atoms with van der Waals surface area (Å²) in [7, 11) is 0. The number of aromatic nitrogens is 2. The van der Waals surface area contributed by atoms with Crippen LogP contribution in [-0.4, -0.2) is 27.1 Å². The lowest BCUT2D eigenvalue weighted by Crippen LogP contribution is -2.39. The van der Waals surface area contributed by atoms with Gasteiger partial charge >= 0.3 is 6.09 Å². The first-order valence-corrected chi connectivity index (χ1v) is 9.90. The first-order chi connectivity index (χ1) is 13.1. The molecule has 0 saturated carbocycles. The number of nitriles is 1. The van der Waals surface area contributed by atoms with Crippen LogP contribution in [0.3, 0.4) is 0 Å². The maximum Gasteiger partial charge on any atom is 0.408 e. The van der Waals surface area contributed by atoms with E-state index in [4.69, 9.17) is 4.74 Å². The Morgan fingerprint density at radius 1 is 1.36 bits per heavy atom. The zero-order chi connectivity index (χ0) is 20.5. The van der Waals surface area contributed by atoms with Crippen molar-refractivity contribution in [2.45, 2.75) is 52.7 Å². The highest BCUT2D eigenvalue weighted by atomic mass is 32.1. The number of hydrogen-bond donors (Lipinski definition) is 1. The summed E-state index contributed by atoms with van der Waals surface area (Å²) < 4.78 is 7.32. The summed E-state index contributed by atoms with van der Waals surface area (Å²) >= 11 is 1.62. The Balaban J connectivity index is 1.74. The summed E-state index contributed by atoms with van der Waals surface area (Å²) in [5, 5.41) is 12.0. The maximum atomic E-state index is 11.9. The fourth-order valence-corrected chi connectivity index (χ4v) is 4.02. The van der Waals surface area contributed by atoms with Gasteiger partial charge in [0.05, 0.1) is 23.0 Å². The number of alkyl carbamates (subject to hydrolysis) is 1. The van der Waals surface area contributed by atoms with Gasteiger partial charge in [0.25, 0.3) is 0 Å². The van der Waals surface area contributed by atoms with Gasteiger partial charge in [0.2, 0.25) is 0 Å². The van der Waals surface area contributed by atoms with Gasteiger partial charge in [0, 0.05) is 34.1 Å². The Bertz CT molecular complexity index is 1050. The molecule has 0 saturated heterocycles. The quantitative estimate of drug-likeness (QED) is 0.697. The first-order valence-electron chi connectivity index (χ1n) is 9.09. The van der Waals surface area contributed by atoms with Crippen LogP contribution in [0, 0.1) is 25.2 Å². The highest BCUT2D eigenvalue weighted by Crippen LogP contribution is 2.31. The molecule has 0 aromatic carbocycles. The summed E-state index contributed by atoms with van der Waals surface area (Å²) in [6, 6.07) is 7.67. The third kappa shape index (κ3) is 4.70. The topological polar surface area (TPSA) is 79.4 Å². The van der Waals surface area contributed by atoms with Gasteiger partial charge in [0.15, 0.2) is 0 Å². The van der Waals surface area contributed by atoms with Crippen LogP contribution < -0.4 is 5.32 Å². The van der Waals surface area contributed by atoms with E-state index in [1.165, 1.54) is 0 Å². The molecule has 0 aliphatic rings. The minimum absolute atomic E-state index is 0.438. The number of fused-ring (bicyclic) bond motifs is 1. The monoisotopic (exact) mass is 396 g/mol. The summed E-state index contributed by atoms with van der Waals surface area (Å²) in [5.41, 5.74) is 3.57. The zero-order valence-electron chi connectivity index (χ0n) is 16.7. The summed E-state index contributed by atoms with van der Waals surface area (Å²) in [5.74, 6) is 0. The number of hydrogen-bond acceptors (Lipinski definition) is 5. The Morgan fingerprint density at radius 2 is 2.11 bits per heavy atom. The van der Waals surface area contributed by atoms with Crippen molar-refractivity contribution in [2.75, 3.05) is 0 Å². The van der Waals surface area contributed by atoms with E-state index in [2.05, 4.69) is 33.0 Å². The van der Waals surface area contributed by atoms with Gasteiger partial charge in [-0.05, 0) is 52.8 Å². The lowest BCUT2D eigenvalue weighted by molar-refractivity contribution is 0.0516. The van der Waals surface area contributed by atoms with Gasteiger partial charge in [-0.1, -0.05) is 0 Å². The van der Waals surface area contributed by atoms with Crippen molar-refractivity contribution in [3.8, 4) is 16.5 Å². The Morgan fingerprint density at radius 3 is 2.79 bits per heavy atom. The average molecular weight is 397 g/mol. The molecule has 3 rings (SSSR count). The number of nitrogens with zero attached hydrogens (tertiary/aromatic N) is 3. The van der Waals surface area contributed by atoms with E-state index in [9.17, 15) is 10.1 Å². The number of rotatable bonds is 4. The molecular weight excluding hydrogens is 372 g/mol. The minimum atomic E-state index is -0.636. The molecule has 3 aromatic heterocycles. The number of amides is 1. The molecule has 0 bridgehead atoms. The zero-order valence-corrected chi connectivity index (χ0v) is 17.6. The largest absolute Gasteiger partial charge is 0.444 e. The van der Waals surface area contributed by atoms with Crippen molar-refractivity contribution >= 4 is 22.9 Å². The molecule has 28 heavy (non-hydrogen) atoms. The standard InChI is InChI=1S/C21H24N4O2S/c1-13-11-25-12-15(8-18(25)14(2)23-13)19-7-6-17(28-19)9-16(10-22)24-20(26)27-21(3,4)5/h6-8,11-12,16H,9H2,1-5H3,(H,24,26)/t16-/m0/s1. The number of thiophene rings is 1. The molecule has 7 heteroatoms. The van der Waals surface area contributed by atoms with E-state index in [1.54, 1.807) is 32.1 Å². The molecule has 0 spiro atoms. The van der Waals surface area contributed by atoms with Crippen LogP contribution in [0.2, 0.25) is 0 Å². The first kappa shape index (κ1) is 19.9. The van der Waals surface area contributed by atoms with E-state index in [1.807, 2.05) is 32.2 Å². The van der Waals surface area contributed by atoms with Crippen LogP contribution in [0.4, 0.5) is 4.79 Å². The number of ether oxygens (including phenoxy) is 1. The number of carbonyl (C=O) groups is 1. The summed E-state index contributed by atoms with van der Waals surface area (Å²) in [6.07, 6.45) is 3.96. The molecule has 146 valence electrons. The third-order valence-electron chi connectivity index (χ3n) is 4.09. The van der Waals surface area contributed by atoms with Gasteiger partial charge in [0.1, 0.15) is 11.6 Å². The SMILES string of the molecule is Cc1cn2cc(-c3ccc(C[C@@H](C#N)NC(=O)OC(C)(C)C)s3)cc2c(C)n1. The molecule has 0 radical (unpaired) electrons. The molecule has 0 aliphatic carbocycles. The molecule has 0 fully saturated rings. The Hall–Kier alpha value is -2.85.